The van der Waals surface area contributed by atoms with E-state index in [0.29, 0.717) is 29.7 Å². The first-order chi connectivity index (χ1) is 19.2. The van der Waals surface area contributed by atoms with Crippen molar-refractivity contribution in [1.29, 1.82) is 0 Å². The third kappa shape index (κ3) is 6.19. The predicted octanol–water partition coefficient (Wildman–Crippen LogP) is 0.846. The summed E-state index contributed by atoms with van der Waals surface area (Å²) in [7, 11) is 0. The number of hydrogen-bond donors (Lipinski definition) is 2. The number of rotatable bonds is 8. The van der Waals surface area contributed by atoms with Crippen LogP contribution in [-0.4, -0.2) is 91.8 Å². The number of aliphatic hydroxyl groups excluding tert-OH is 1. The molecule has 5 heterocycles. The van der Waals surface area contributed by atoms with Crippen LogP contribution in [0.4, 0.5) is 11.9 Å². The topological polar surface area (TPSA) is 130 Å². The van der Waals surface area contributed by atoms with Crippen molar-refractivity contribution < 1.29 is 9.84 Å². The second kappa shape index (κ2) is 11.8. The zero-order valence-electron chi connectivity index (χ0n) is 21.7. The molecule has 2 aliphatic rings. The number of aliphatic hydroxyl groups is 1. The first-order valence-corrected chi connectivity index (χ1v) is 13.3. The third-order valence-electron chi connectivity index (χ3n) is 6.99. The van der Waals surface area contributed by atoms with Gasteiger partial charge in [0.25, 0.3) is 0 Å². The van der Waals surface area contributed by atoms with Gasteiger partial charge >= 0.3 is 0 Å². The predicted molar refractivity (Wildman–Crippen MR) is 144 cm³/mol. The molecule has 4 aromatic rings. The Balaban J connectivity index is 1.03. The maximum Gasteiger partial charge on any atom is 0.228 e. The molecule has 3 aromatic heterocycles. The van der Waals surface area contributed by atoms with Gasteiger partial charge in [0.15, 0.2) is 0 Å². The average molecular weight is 529 g/mol. The molecule has 0 saturated carbocycles. The van der Waals surface area contributed by atoms with Gasteiger partial charge in [0.1, 0.15) is 18.3 Å². The molecule has 0 bridgehead atoms. The van der Waals surface area contributed by atoms with Crippen molar-refractivity contribution in [1.82, 2.24) is 40.0 Å². The highest BCUT2D eigenvalue weighted by Gasteiger charge is 2.22. The molecule has 39 heavy (non-hydrogen) atoms. The van der Waals surface area contributed by atoms with Crippen LogP contribution in [0.15, 0.2) is 61.4 Å². The van der Waals surface area contributed by atoms with Crippen LogP contribution in [0, 0.1) is 0 Å². The summed E-state index contributed by atoms with van der Waals surface area (Å²) in [6, 6.07) is 9.52. The minimum absolute atomic E-state index is 0.137. The van der Waals surface area contributed by atoms with Crippen molar-refractivity contribution in [2.24, 2.45) is 0 Å². The maximum atomic E-state index is 10.6. The largest absolute Gasteiger partial charge is 0.384 e. The Morgan fingerprint density at radius 2 is 1.69 bits per heavy atom. The molecule has 0 amide bonds. The van der Waals surface area contributed by atoms with E-state index in [0.717, 1.165) is 63.5 Å². The number of nitrogens with one attached hydrogen (secondary N) is 1. The van der Waals surface area contributed by atoms with Gasteiger partial charge in [0.2, 0.25) is 11.9 Å². The van der Waals surface area contributed by atoms with E-state index in [9.17, 15) is 5.11 Å². The monoisotopic (exact) mass is 528 g/mol. The second-order valence-corrected chi connectivity index (χ2v) is 9.75. The van der Waals surface area contributed by atoms with E-state index in [2.05, 4.69) is 40.2 Å². The lowest BCUT2D eigenvalue weighted by Gasteiger charge is -2.34. The lowest BCUT2D eigenvalue weighted by Crippen LogP contribution is -2.47. The molecule has 0 aliphatic carbocycles. The second-order valence-electron chi connectivity index (χ2n) is 9.75. The smallest absolute Gasteiger partial charge is 0.228 e. The Kier molecular flexibility index (Phi) is 7.66. The Morgan fingerprint density at radius 1 is 0.923 bits per heavy atom. The van der Waals surface area contributed by atoms with Crippen LogP contribution in [0.1, 0.15) is 28.6 Å². The van der Waals surface area contributed by atoms with Crippen LogP contribution in [0.5, 0.6) is 0 Å². The molecule has 1 aromatic carbocycles. The summed E-state index contributed by atoms with van der Waals surface area (Å²) in [5.41, 5.74) is 2.55. The van der Waals surface area contributed by atoms with Gasteiger partial charge in [0, 0.05) is 69.8 Å². The maximum absolute atomic E-state index is 10.6. The van der Waals surface area contributed by atoms with Crippen molar-refractivity contribution in [2.75, 3.05) is 55.7 Å². The highest BCUT2D eigenvalue weighted by atomic mass is 16.5. The van der Waals surface area contributed by atoms with Crippen molar-refractivity contribution in [3.63, 3.8) is 0 Å². The molecule has 2 atom stereocenters. The molecule has 202 valence electrons. The molecule has 2 fully saturated rings. The Bertz CT molecular complexity index is 1340. The van der Waals surface area contributed by atoms with E-state index >= 15 is 0 Å². The van der Waals surface area contributed by atoms with E-state index < -0.39 is 6.10 Å². The summed E-state index contributed by atoms with van der Waals surface area (Å²) in [5, 5.41) is 18.4. The van der Waals surface area contributed by atoms with Gasteiger partial charge in [-0.2, -0.15) is 10.1 Å². The quantitative estimate of drug-likeness (QED) is 0.337. The minimum atomic E-state index is -0.743. The van der Waals surface area contributed by atoms with Crippen LogP contribution in [0.3, 0.4) is 0 Å². The lowest BCUT2D eigenvalue weighted by atomic mass is 10.0. The molecule has 6 rings (SSSR count). The van der Waals surface area contributed by atoms with Gasteiger partial charge < -0.3 is 25.0 Å². The van der Waals surface area contributed by atoms with Crippen molar-refractivity contribution in [2.45, 2.75) is 25.2 Å². The average Bonchev–Trinajstić information content (AvgIpc) is 3.44. The summed E-state index contributed by atoms with van der Waals surface area (Å²) in [6.45, 7) is 6.17. The van der Waals surface area contributed by atoms with Crippen molar-refractivity contribution >= 4 is 11.9 Å². The minimum Gasteiger partial charge on any atom is -0.384 e. The number of aromatic nitrogens is 7. The first kappa shape index (κ1) is 25.3. The summed E-state index contributed by atoms with van der Waals surface area (Å²) in [6.07, 6.45) is 8.86. The summed E-state index contributed by atoms with van der Waals surface area (Å²) >= 11 is 0. The van der Waals surface area contributed by atoms with Gasteiger partial charge in [-0.25, -0.2) is 19.9 Å². The Morgan fingerprint density at radius 3 is 2.44 bits per heavy atom. The van der Waals surface area contributed by atoms with Crippen LogP contribution in [-0.2, 0) is 17.7 Å². The number of benzene rings is 1. The normalized spacial score (nSPS) is 18.7. The fourth-order valence-electron chi connectivity index (χ4n) is 4.85. The Labute approximate surface area is 226 Å². The third-order valence-corrected chi connectivity index (χ3v) is 6.99. The van der Waals surface area contributed by atoms with Crippen LogP contribution in [0.2, 0.25) is 0 Å². The van der Waals surface area contributed by atoms with Crippen molar-refractivity contribution in [3.8, 4) is 0 Å². The van der Waals surface area contributed by atoms with Crippen molar-refractivity contribution in [3.05, 3.63) is 84.0 Å². The van der Waals surface area contributed by atoms with E-state index in [1.54, 1.807) is 18.7 Å². The molecular formula is C27H32N10O2. The van der Waals surface area contributed by atoms with Gasteiger partial charge in [-0.3, -0.25) is 4.68 Å². The summed E-state index contributed by atoms with van der Waals surface area (Å²) in [5.74, 6) is 2.05. The molecule has 2 N–H and O–H groups in total. The van der Waals surface area contributed by atoms with Gasteiger partial charge in [0.05, 0.1) is 25.5 Å². The number of ether oxygens (including phenoxy) is 1. The highest BCUT2D eigenvalue weighted by molar-refractivity contribution is 5.38. The van der Waals surface area contributed by atoms with E-state index in [1.807, 2.05) is 47.4 Å². The molecule has 1 unspecified atom stereocenters. The molecule has 12 heteroatoms. The summed E-state index contributed by atoms with van der Waals surface area (Å²) < 4.78 is 7.70. The standard InChI is InChI=1S/C27H32N10O2/c38-25(21-4-2-1-3-5-21)22-14-29-26(30-15-22)35-7-9-36(10-8-35)27-32-19-31-24(34-27)12-20-13-33-37(17-20)18-23-16-28-6-11-39-23/h1-5,13-15,17,19,23,25,28,38H,6-12,16,18H2/t23-,25?/m0/s1. The zero-order valence-corrected chi connectivity index (χ0v) is 21.7. The van der Waals surface area contributed by atoms with Crippen LogP contribution < -0.4 is 15.1 Å². The highest BCUT2D eigenvalue weighted by Crippen LogP contribution is 2.22. The number of anilines is 2. The molecule has 0 spiro atoms. The molecular weight excluding hydrogens is 496 g/mol. The Hall–Kier alpha value is -4.00. The molecule has 2 saturated heterocycles. The first-order valence-electron chi connectivity index (χ1n) is 13.3. The van der Waals surface area contributed by atoms with Gasteiger partial charge in [-0.15, -0.1) is 0 Å². The van der Waals surface area contributed by atoms with Crippen LogP contribution >= 0.6 is 0 Å². The van der Waals surface area contributed by atoms with E-state index in [-0.39, 0.29) is 6.10 Å². The van der Waals surface area contributed by atoms with E-state index in [4.69, 9.17) is 9.72 Å². The molecule has 12 nitrogen and oxygen atoms in total. The molecule has 2 aliphatic heterocycles. The number of hydrogen-bond acceptors (Lipinski definition) is 11. The molecule has 0 radical (unpaired) electrons. The van der Waals surface area contributed by atoms with Gasteiger partial charge in [-0.1, -0.05) is 30.3 Å². The lowest BCUT2D eigenvalue weighted by molar-refractivity contribution is 0.0161. The number of nitrogens with zero attached hydrogens (tertiary/aromatic N) is 9. The fourth-order valence-corrected chi connectivity index (χ4v) is 4.85. The number of morpholine rings is 1. The zero-order chi connectivity index (χ0) is 26.4. The number of piperazine rings is 1. The van der Waals surface area contributed by atoms with E-state index in [1.165, 1.54) is 0 Å². The summed E-state index contributed by atoms with van der Waals surface area (Å²) in [4.78, 5) is 26.9. The van der Waals surface area contributed by atoms with Crippen LogP contribution in [0.25, 0.3) is 0 Å². The fraction of sp³-hybridized carbons (Fsp3) is 0.407. The SMILES string of the molecule is OC(c1ccccc1)c1cnc(N2CCN(c3ncnc(Cc4cnn(C[C@@H]5CNCCO5)c4)n3)CC2)nc1. The van der Waals surface area contributed by atoms with Gasteiger partial charge in [-0.05, 0) is 11.1 Å².